The maximum Gasteiger partial charge on any atom is 0.340 e. The van der Waals surface area contributed by atoms with Crippen LogP contribution in [0.4, 0.5) is 14.5 Å². The maximum absolute atomic E-state index is 13.0. The Labute approximate surface area is 115 Å². The van der Waals surface area contributed by atoms with E-state index < -0.39 is 17.6 Å². The van der Waals surface area contributed by atoms with Gasteiger partial charge >= 0.3 is 5.97 Å². The monoisotopic (exact) mass is 286 g/mol. The van der Waals surface area contributed by atoms with Crippen LogP contribution in [0.3, 0.4) is 0 Å². The number of carbonyl (C=O) groups excluding carboxylic acids is 2. The van der Waals surface area contributed by atoms with Crippen molar-refractivity contribution in [1.82, 2.24) is 5.32 Å². The molecule has 0 spiro atoms. The predicted octanol–water partition coefficient (Wildman–Crippen LogP) is 1.62. The van der Waals surface area contributed by atoms with E-state index >= 15 is 0 Å². The van der Waals surface area contributed by atoms with Gasteiger partial charge in [0.25, 0.3) is 0 Å². The molecule has 7 heteroatoms. The van der Waals surface area contributed by atoms with Crippen LogP contribution in [-0.2, 0) is 9.53 Å². The van der Waals surface area contributed by atoms with Gasteiger partial charge in [0, 0.05) is 17.8 Å². The molecule has 3 N–H and O–H groups in total. The third-order valence-electron chi connectivity index (χ3n) is 2.32. The molecular weight excluding hydrogens is 270 g/mol. The number of anilines is 1. The van der Waals surface area contributed by atoms with Gasteiger partial charge < -0.3 is 15.8 Å². The third-order valence-corrected chi connectivity index (χ3v) is 2.32. The minimum absolute atomic E-state index is 0.0139. The van der Waals surface area contributed by atoms with E-state index in [2.05, 4.69) is 5.32 Å². The fourth-order valence-electron chi connectivity index (χ4n) is 1.45. The van der Waals surface area contributed by atoms with Crippen LogP contribution in [0.2, 0.25) is 0 Å². The average Bonchev–Trinajstić information content (AvgIpc) is 2.32. The second-order valence-electron chi connectivity index (χ2n) is 4.46. The van der Waals surface area contributed by atoms with Gasteiger partial charge in [-0.25, -0.2) is 13.6 Å². The summed E-state index contributed by atoms with van der Waals surface area (Å²) < 4.78 is 30.6. The highest BCUT2D eigenvalue weighted by Crippen LogP contribution is 2.17. The quantitative estimate of drug-likeness (QED) is 0.636. The number of nitrogens with two attached hydrogens (primary N) is 1. The molecule has 0 radical (unpaired) electrons. The van der Waals surface area contributed by atoms with Crippen LogP contribution in [0.25, 0.3) is 0 Å². The Morgan fingerprint density at radius 2 is 1.90 bits per heavy atom. The molecule has 0 atom stereocenters. The van der Waals surface area contributed by atoms with Crippen LogP contribution in [0, 0.1) is 11.6 Å². The van der Waals surface area contributed by atoms with Crippen molar-refractivity contribution >= 4 is 17.6 Å². The van der Waals surface area contributed by atoms with E-state index in [4.69, 9.17) is 10.5 Å². The number of amides is 1. The van der Waals surface area contributed by atoms with Crippen LogP contribution in [0.15, 0.2) is 12.1 Å². The molecule has 0 aromatic heterocycles. The Morgan fingerprint density at radius 1 is 1.30 bits per heavy atom. The molecule has 5 nitrogen and oxygen atoms in total. The number of hydrogen-bond donors (Lipinski definition) is 2. The summed E-state index contributed by atoms with van der Waals surface area (Å²) in [6.07, 6.45) is -0.0203. The molecule has 0 aliphatic carbocycles. The van der Waals surface area contributed by atoms with E-state index in [1.54, 1.807) is 13.8 Å². The van der Waals surface area contributed by atoms with Crippen LogP contribution < -0.4 is 11.1 Å². The Hall–Kier alpha value is -2.18. The van der Waals surface area contributed by atoms with Crippen LogP contribution >= 0.6 is 0 Å². The van der Waals surface area contributed by atoms with Crippen molar-refractivity contribution in [3.05, 3.63) is 29.3 Å². The summed E-state index contributed by atoms with van der Waals surface area (Å²) in [5.41, 5.74) is 4.91. The number of carbonyl (C=O) groups is 2. The molecule has 0 unspecified atom stereocenters. The number of halogens is 2. The van der Waals surface area contributed by atoms with Crippen LogP contribution in [0.5, 0.6) is 0 Å². The highest BCUT2D eigenvalue weighted by atomic mass is 19.2. The molecule has 0 saturated heterocycles. The van der Waals surface area contributed by atoms with E-state index in [9.17, 15) is 18.4 Å². The lowest BCUT2D eigenvalue weighted by molar-refractivity contribution is -0.122. The lowest BCUT2D eigenvalue weighted by Crippen LogP contribution is -2.31. The van der Waals surface area contributed by atoms with Crippen molar-refractivity contribution in [2.75, 3.05) is 12.3 Å². The molecule has 110 valence electrons. The van der Waals surface area contributed by atoms with Crippen LogP contribution in [-0.4, -0.2) is 24.5 Å². The molecular formula is C13H16F2N2O3. The minimum Gasteiger partial charge on any atom is -0.461 e. The van der Waals surface area contributed by atoms with E-state index in [1.165, 1.54) is 0 Å². The SMILES string of the molecule is CC(C)NC(=O)CCOC(=O)c1cc(F)c(F)cc1N. The number of nitrogens with one attached hydrogen (secondary N) is 1. The van der Waals surface area contributed by atoms with Gasteiger partial charge in [-0.15, -0.1) is 0 Å². The van der Waals surface area contributed by atoms with Gasteiger partial charge in [0.2, 0.25) is 5.91 Å². The summed E-state index contributed by atoms with van der Waals surface area (Å²) in [6, 6.07) is 1.36. The number of hydrogen-bond acceptors (Lipinski definition) is 4. The molecule has 1 aromatic carbocycles. The lowest BCUT2D eigenvalue weighted by atomic mass is 10.1. The van der Waals surface area contributed by atoms with Gasteiger partial charge in [0.1, 0.15) is 6.61 Å². The molecule has 0 saturated carbocycles. The normalized spacial score (nSPS) is 10.4. The number of nitrogen functional groups attached to an aromatic ring is 1. The first-order valence-corrected chi connectivity index (χ1v) is 6.02. The summed E-state index contributed by atoms with van der Waals surface area (Å²) >= 11 is 0. The highest BCUT2D eigenvalue weighted by Gasteiger charge is 2.16. The summed E-state index contributed by atoms with van der Waals surface area (Å²) in [4.78, 5) is 22.9. The molecule has 20 heavy (non-hydrogen) atoms. The zero-order chi connectivity index (χ0) is 15.3. The van der Waals surface area contributed by atoms with Crippen molar-refractivity contribution in [3.63, 3.8) is 0 Å². The van der Waals surface area contributed by atoms with E-state index in [0.717, 1.165) is 0 Å². The van der Waals surface area contributed by atoms with Gasteiger partial charge in [-0.1, -0.05) is 0 Å². The summed E-state index contributed by atoms with van der Waals surface area (Å²) in [5, 5.41) is 2.62. The van der Waals surface area contributed by atoms with Crippen molar-refractivity contribution in [3.8, 4) is 0 Å². The van der Waals surface area contributed by atoms with E-state index in [-0.39, 0.29) is 36.2 Å². The van der Waals surface area contributed by atoms with Gasteiger partial charge in [0.15, 0.2) is 11.6 Å². The Kier molecular flexibility index (Phi) is 5.42. The van der Waals surface area contributed by atoms with Crippen molar-refractivity contribution in [1.29, 1.82) is 0 Å². The predicted molar refractivity (Wildman–Crippen MR) is 68.9 cm³/mol. The average molecular weight is 286 g/mol. The molecule has 1 aromatic rings. The van der Waals surface area contributed by atoms with Crippen LogP contribution in [0.1, 0.15) is 30.6 Å². The zero-order valence-electron chi connectivity index (χ0n) is 11.2. The zero-order valence-corrected chi connectivity index (χ0v) is 11.2. The number of ether oxygens (including phenoxy) is 1. The Balaban J connectivity index is 2.56. The van der Waals surface area contributed by atoms with Crippen molar-refractivity contribution in [2.45, 2.75) is 26.3 Å². The molecule has 0 aliphatic heterocycles. The van der Waals surface area contributed by atoms with Crippen molar-refractivity contribution in [2.24, 2.45) is 0 Å². The van der Waals surface area contributed by atoms with E-state index in [0.29, 0.717) is 12.1 Å². The molecule has 1 amide bonds. The lowest BCUT2D eigenvalue weighted by Gasteiger charge is -2.09. The molecule has 0 bridgehead atoms. The summed E-state index contributed by atoms with van der Waals surface area (Å²) in [7, 11) is 0. The maximum atomic E-state index is 13.0. The van der Waals surface area contributed by atoms with E-state index in [1.807, 2.05) is 0 Å². The second-order valence-corrected chi connectivity index (χ2v) is 4.46. The highest BCUT2D eigenvalue weighted by molar-refractivity contribution is 5.95. The topological polar surface area (TPSA) is 81.4 Å². The fraction of sp³-hybridized carbons (Fsp3) is 0.385. The summed E-state index contributed by atoms with van der Waals surface area (Å²) in [6.45, 7) is 3.42. The standard InChI is InChI=1S/C13H16F2N2O3/c1-7(2)17-12(18)3-4-20-13(19)8-5-9(14)10(15)6-11(8)16/h5-7H,3-4,16H2,1-2H3,(H,17,18). The van der Waals surface area contributed by atoms with Gasteiger partial charge in [-0.3, -0.25) is 4.79 Å². The first kappa shape index (κ1) is 15.9. The Bertz CT molecular complexity index is 519. The van der Waals surface area contributed by atoms with Gasteiger partial charge in [0.05, 0.1) is 12.0 Å². The van der Waals surface area contributed by atoms with Crippen molar-refractivity contribution < 1.29 is 23.1 Å². The largest absolute Gasteiger partial charge is 0.461 e. The molecule has 0 aliphatic rings. The second kappa shape index (κ2) is 6.83. The first-order chi connectivity index (χ1) is 9.31. The molecule has 0 heterocycles. The van der Waals surface area contributed by atoms with Gasteiger partial charge in [-0.2, -0.15) is 0 Å². The van der Waals surface area contributed by atoms with Gasteiger partial charge in [-0.05, 0) is 19.9 Å². The smallest absolute Gasteiger partial charge is 0.340 e. The molecule has 0 fully saturated rings. The fourth-order valence-corrected chi connectivity index (χ4v) is 1.45. The Morgan fingerprint density at radius 3 is 2.50 bits per heavy atom. The first-order valence-electron chi connectivity index (χ1n) is 6.02. The number of rotatable bonds is 5. The molecule has 1 rings (SSSR count). The number of benzene rings is 1. The summed E-state index contributed by atoms with van der Waals surface area (Å²) in [5.74, 6) is -3.51. The third kappa shape index (κ3) is 4.49. The number of esters is 1. The minimum atomic E-state index is -1.19.